The van der Waals surface area contributed by atoms with Crippen molar-refractivity contribution >= 4 is 18.3 Å². The maximum atomic E-state index is 11.4. The number of phenolic OH excluding ortho intramolecular Hbond substituents is 1. The maximum absolute atomic E-state index is 11.4. The number of carbonyl (C=O) groups is 1. The summed E-state index contributed by atoms with van der Waals surface area (Å²) in [4.78, 5) is 15.5. The van der Waals surface area contributed by atoms with Gasteiger partial charge in [-0.2, -0.15) is 0 Å². The average molecular weight is 350 g/mol. The third-order valence-corrected chi connectivity index (χ3v) is 4.25. The molecule has 2 atom stereocenters. The van der Waals surface area contributed by atoms with Crippen LogP contribution < -0.4 is 11.1 Å². The van der Waals surface area contributed by atoms with E-state index in [0.717, 1.165) is 11.1 Å². The van der Waals surface area contributed by atoms with Gasteiger partial charge in [0.1, 0.15) is 5.75 Å². The Bertz CT molecular complexity index is 739. The van der Waals surface area contributed by atoms with E-state index in [2.05, 4.69) is 10.3 Å². The van der Waals surface area contributed by atoms with Crippen molar-refractivity contribution < 1.29 is 15.0 Å². The van der Waals surface area contributed by atoms with Gasteiger partial charge in [-0.15, -0.1) is 12.4 Å². The van der Waals surface area contributed by atoms with Crippen LogP contribution in [0.3, 0.4) is 0 Å². The van der Waals surface area contributed by atoms with Crippen molar-refractivity contribution in [2.45, 2.75) is 31.5 Å². The summed E-state index contributed by atoms with van der Waals surface area (Å²) in [6.45, 7) is 0.585. The lowest BCUT2D eigenvalue weighted by molar-refractivity contribution is 0.0995. The number of pyridine rings is 1. The monoisotopic (exact) mass is 349 g/mol. The van der Waals surface area contributed by atoms with E-state index in [9.17, 15) is 15.0 Å². The number of halogens is 1. The molecule has 1 aromatic carbocycles. The summed E-state index contributed by atoms with van der Waals surface area (Å²) in [6, 6.07) is 6.70. The first-order valence-corrected chi connectivity index (χ1v) is 7.49. The van der Waals surface area contributed by atoms with Crippen molar-refractivity contribution in [1.29, 1.82) is 0 Å². The molecule has 2 aromatic rings. The fraction of sp³-hybridized carbons (Fsp3) is 0.294. The van der Waals surface area contributed by atoms with Gasteiger partial charge in [-0.1, -0.05) is 6.07 Å². The van der Waals surface area contributed by atoms with Gasteiger partial charge in [0.05, 0.1) is 6.10 Å². The van der Waals surface area contributed by atoms with Gasteiger partial charge < -0.3 is 21.3 Å². The summed E-state index contributed by atoms with van der Waals surface area (Å²) < 4.78 is 0. The first-order chi connectivity index (χ1) is 11.0. The minimum absolute atomic E-state index is 0. The molecular formula is C17H20ClN3O3. The first-order valence-electron chi connectivity index (χ1n) is 7.49. The van der Waals surface area contributed by atoms with E-state index in [0.29, 0.717) is 30.5 Å². The van der Waals surface area contributed by atoms with Crippen LogP contribution in [0.5, 0.6) is 5.75 Å². The summed E-state index contributed by atoms with van der Waals surface area (Å²) in [5.41, 5.74) is 8.53. The fourth-order valence-electron chi connectivity index (χ4n) is 3.00. The van der Waals surface area contributed by atoms with Crippen molar-refractivity contribution in [2.75, 3.05) is 0 Å². The highest BCUT2D eigenvalue weighted by Gasteiger charge is 2.25. The van der Waals surface area contributed by atoms with Crippen LogP contribution >= 0.6 is 12.4 Å². The van der Waals surface area contributed by atoms with E-state index in [1.807, 2.05) is 6.07 Å². The Hall–Kier alpha value is -2.15. The minimum atomic E-state index is -0.667. The maximum Gasteiger partial charge on any atom is 0.249 e. The molecule has 2 heterocycles. The molecule has 0 saturated carbocycles. The van der Waals surface area contributed by atoms with Crippen LogP contribution in [-0.2, 0) is 19.4 Å². The van der Waals surface area contributed by atoms with Crippen LogP contribution in [0.15, 0.2) is 36.7 Å². The van der Waals surface area contributed by atoms with E-state index in [1.165, 1.54) is 6.20 Å². The van der Waals surface area contributed by atoms with Crippen LogP contribution in [0.4, 0.5) is 0 Å². The number of hydrogen-bond acceptors (Lipinski definition) is 5. The Kier molecular flexibility index (Phi) is 5.77. The summed E-state index contributed by atoms with van der Waals surface area (Å²) in [5.74, 6) is -0.280. The number of primary amides is 1. The van der Waals surface area contributed by atoms with Crippen LogP contribution in [0.1, 0.15) is 27.0 Å². The predicted molar refractivity (Wildman–Crippen MR) is 92.2 cm³/mol. The zero-order valence-electron chi connectivity index (χ0n) is 13.0. The van der Waals surface area contributed by atoms with Crippen LogP contribution in [0.25, 0.3) is 0 Å². The zero-order chi connectivity index (χ0) is 16.4. The van der Waals surface area contributed by atoms with Gasteiger partial charge in [0, 0.05) is 37.0 Å². The Balaban J connectivity index is 0.00000208. The highest BCUT2D eigenvalue weighted by Crippen LogP contribution is 2.23. The van der Waals surface area contributed by atoms with E-state index in [-0.39, 0.29) is 24.2 Å². The second-order valence-electron chi connectivity index (χ2n) is 5.81. The number of hydrogen-bond donors (Lipinski definition) is 4. The molecule has 0 radical (unpaired) electrons. The van der Waals surface area contributed by atoms with Gasteiger partial charge in [0.15, 0.2) is 0 Å². The second kappa shape index (κ2) is 7.61. The van der Waals surface area contributed by atoms with Gasteiger partial charge in [-0.05, 0) is 41.3 Å². The largest absolute Gasteiger partial charge is 0.508 e. The van der Waals surface area contributed by atoms with Crippen molar-refractivity contribution in [3.05, 3.63) is 58.9 Å². The molecule has 128 valence electrons. The molecule has 0 fully saturated rings. The molecule has 0 unspecified atom stereocenters. The van der Waals surface area contributed by atoms with Gasteiger partial charge in [0.25, 0.3) is 0 Å². The smallest absolute Gasteiger partial charge is 0.249 e. The number of aromatic nitrogens is 1. The SMILES string of the molecule is Cl.NC(=O)c1ccncc1C[C@@H](O)[C@@H]1Cc2ccc(O)cc2CN1. The number of nitrogens with one attached hydrogen (secondary N) is 1. The molecule has 1 amide bonds. The Morgan fingerprint density at radius 1 is 1.38 bits per heavy atom. The number of fused-ring (bicyclic) bond motifs is 1. The number of rotatable bonds is 4. The Morgan fingerprint density at radius 3 is 2.92 bits per heavy atom. The second-order valence-corrected chi connectivity index (χ2v) is 5.81. The molecule has 1 aromatic heterocycles. The number of carbonyl (C=O) groups excluding carboxylic acids is 1. The third-order valence-electron chi connectivity index (χ3n) is 4.25. The van der Waals surface area contributed by atoms with Crippen molar-refractivity contribution in [2.24, 2.45) is 5.73 Å². The quantitative estimate of drug-likeness (QED) is 0.656. The molecule has 0 aliphatic carbocycles. The van der Waals surface area contributed by atoms with Crippen molar-refractivity contribution in [3.8, 4) is 5.75 Å². The molecule has 3 rings (SSSR count). The van der Waals surface area contributed by atoms with Gasteiger partial charge in [0.2, 0.25) is 5.91 Å². The predicted octanol–water partition coefficient (Wildman–Crippen LogP) is 0.926. The highest BCUT2D eigenvalue weighted by molar-refractivity contribution is 5.94. The fourth-order valence-corrected chi connectivity index (χ4v) is 3.00. The lowest BCUT2D eigenvalue weighted by atomic mass is 9.90. The van der Waals surface area contributed by atoms with Gasteiger partial charge in [-0.3, -0.25) is 9.78 Å². The lowest BCUT2D eigenvalue weighted by Crippen LogP contribution is -2.45. The Labute approximate surface area is 146 Å². The number of benzene rings is 1. The molecule has 0 bridgehead atoms. The topological polar surface area (TPSA) is 108 Å². The summed E-state index contributed by atoms with van der Waals surface area (Å²) >= 11 is 0. The average Bonchev–Trinajstić information content (AvgIpc) is 2.54. The normalized spacial score (nSPS) is 17.5. The molecule has 6 nitrogen and oxygen atoms in total. The number of aliphatic hydroxyl groups excluding tert-OH is 1. The number of aliphatic hydroxyl groups is 1. The Morgan fingerprint density at radius 2 is 2.17 bits per heavy atom. The van der Waals surface area contributed by atoms with Crippen molar-refractivity contribution in [3.63, 3.8) is 0 Å². The molecule has 0 saturated heterocycles. The van der Waals surface area contributed by atoms with E-state index in [1.54, 1.807) is 24.4 Å². The van der Waals surface area contributed by atoms with Crippen molar-refractivity contribution in [1.82, 2.24) is 10.3 Å². The van der Waals surface area contributed by atoms with Crippen LogP contribution in [0.2, 0.25) is 0 Å². The number of nitrogens with zero attached hydrogens (tertiary/aromatic N) is 1. The van der Waals surface area contributed by atoms with E-state index >= 15 is 0 Å². The number of amides is 1. The third kappa shape index (κ3) is 3.84. The summed E-state index contributed by atoms with van der Waals surface area (Å²) in [7, 11) is 0. The molecule has 1 aliphatic rings. The molecule has 1 aliphatic heterocycles. The molecule has 5 N–H and O–H groups in total. The summed E-state index contributed by atoms with van der Waals surface area (Å²) in [5, 5.41) is 23.3. The zero-order valence-corrected chi connectivity index (χ0v) is 13.8. The molecule has 24 heavy (non-hydrogen) atoms. The van der Waals surface area contributed by atoms with Gasteiger partial charge >= 0.3 is 0 Å². The summed E-state index contributed by atoms with van der Waals surface area (Å²) in [6.07, 6.45) is 3.37. The number of aromatic hydroxyl groups is 1. The standard InChI is InChI=1S/C17H19N3O3.ClH/c18-17(23)14-3-4-19-8-12(14)7-16(22)15-6-10-1-2-13(21)5-11(10)9-20-15;/h1-5,8,15-16,20-22H,6-7,9H2,(H2,18,23);1H/t15-,16+;/m0./s1. The first kappa shape index (κ1) is 18.2. The highest BCUT2D eigenvalue weighted by atomic mass is 35.5. The molecular weight excluding hydrogens is 330 g/mol. The number of phenols is 1. The number of nitrogens with two attached hydrogens (primary N) is 1. The van der Waals surface area contributed by atoms with Crippen LogP contribution in [0, 0.1) is 0 Å². The lowest BCUT2D eigenvalue weighted by Gasteiger charge is -2.30. The van der Waals surface area contributed by atoms with Gasteiger partial charge in [-0.25, -0.2) is 0 Å². The van der Waals surface area contributed by atoms with E-state index in [4.69, 9.17) is 5.73 Å². The van der Waals surface area contributed by atoms with E-state index < -0.39 is 12.0 Å². The van der Waals surface area contributed by atoms with Crippen LogP contribution in [-0.4, -0.2) is 33.3 Å². The molecule has 0 spiro atoms. The molecule has 7 heteroatoms. The minimum Gasteiger partial charge on any atom is -0.508 e.